The van der Waals surface area contributed by atoms with E-state index in [4.69, 9.17) is 10.5 Å². The van der Waals surface area contributed by atoms with Crippen molar-refractivity contribution in [3.63, 3.8) is 0 Å². The summed E-state index contributed by atoms with van der Waals surface area (Å²) in [4.78, 5) is 0. The van der Waals surface area contributed by atoms with Gasteiger partial charge in [-0.15, -0.1) is 0 Å². The quantitative estimate of drug-likeness (QED) is 0.519. The van der Waals surface area contributed by atoms with Crippen LogP contribution in [0, 0.1) is 22.7 Å². The number of benzene rings is 2. The fourth-order valence-electron chi connectivity index (χ4n) is 2.58. The molecule has 3 rings (SSSR count). The summed E-state index contributed by atoms with van der Waals surface area (Å²) >= 11 is 0. The maximum absolute atomic E-state index is 8.74. The highest BCUT2D eigenvalue weighted by atomic mass is 14.9. The molecule has 3 heteroatoms. The Hall–Kier alpha value is -3.56. The molecule has 0 radical (unpaired) electrons. The first-order valence-corrected chi connectivity index (χ1v) is 7.61. The molecule has 0 aliphatic rings. The number of aromatic nitrogens is 1. The molecule has 0 bridgehead atoms. The predicted octanol–water partition coefficient (Wildman–Crippen LogP) is 4.68. The van der Waals surface area contributed by atoms with E-state index in [0.717, 1.165) is 17.6 Å². The maximum atomic E-state index is 8.74. The van der Waals surface area contributed by atoms with Crippen molar-refractivity contribution in [1.29, 1.82) is 10.5 Å². The molecule has 114 valence electrons. The summed E-state index contributed by atoms with van der Waals surface area (Å²) in [5.74, 6) is 0. The fourth-order valence-corrected chi connectivity index (χ4v) is 2.58. The van der Waals surface area contributed by atoms with E-state index in [0.29, 0.717) is 0 Å². The van der Waals surface area contributed by atoms with Crippen LogP contribution in [0.4, 0.5) is 0 Å². The molecule has 0 amide bonds. The Kier molecular flexibility index (Phi) is 4.56. The second kappa shape index (κ2) is 7.13. The average Bonchev–Trinajstić information content (AvgIpc) is 3.02. The number of hydrogen-bond donors (Lipinski definition) is 0. The molecule has 0 fully saturated rings. The van der Waals surface area contributed by atoms with E-state index in [9.17, 15) is 0 Å². The summed E-state index contributed by atoms with van der Waals surface area (Å²) < 4.78 is 2.22. The van der Waals surface area contributed by atoms with Crippen LogP contribution in [0.15, 0.2) is 78.5 Å². The van der Waals surface area contributed by atoms with Crippen LogP contribution in [0.25, 0.3) is 17.0 Å². The third-order valence-electron chi connectivity index (χ3n) is 3.79. The van der Waals surface area contributed by atoms with Gasteiger partial charge in [0.05, 0.1) is 0 Å². The first kappa shape index (κ1) is 15.3. The van der Waals surface area contributed by atoms with Gasteiger partial charge in [0, 0.05) is 18.3 Å². The zero-order valence-corrected chi connectivity index (χ0v) is 13.1. The van der Waals surface area contributed by atoms with Crippen LogP contribution in [0.5, 0.6) is 0 Å². The molecule has 24 heavy (non-hydrogen) atoms. The van der Waals surface area contributed by atoms with Gasteiger partial charge >= 0.3 is 0 Å². The minimum absolute atomic E-state index is 0.0970. The van der Waals surface area contributed by atoms with Crippen molar-refractivity contribution in [2.24, 2.45) is 0 Å². The summed E-state index contributed by atoms with van der Waals surface area (Å²) in [5, 5.41) is 18.7. The monoisotopic (exact) mass is 309 g/mol. The van der Waals surface area contributed by atoms with Crippen molar-refractivity contribution < 1.29 is 0 Å². The summed E-state index contributed by atoms with van der Waals surface area (Å²) in [7, 11) is 0. The molecule has 0 aliphatic heterocycles. The highest BCUT2D eigenvalue weighted by molar-refractivity contribution is 5.82. The second-order valence-corrected chi connectivity index (χ2v) is 5.41. The average molecular weight is 309 g/mol. The second-order valence-electron chi connectivity index (χ2n) is 5.41. The Balaban J connectivity index is 1.89. The molecule has 0 spiro atoms. The molecule has 3 aromatic rings. The number of allylic oxidation sites excluding steroid dienone is 3. The molecule has 2 aromatic carbocycles. The number of fused-ring (bicyclic) bond motifs is 1. The van der Waals surface area contributed by atoms with Gasteiger partial charge in [-0.25, -0.2) is 0 Å². The number of nitriles is 2. The summed E-state index contributed by atoms with van der Waals surface area (Å²) in [6.07, 6.45) is 7.24. The Morgan fingerprint density at radius 1 is 1.00 bits per heavy atom. The lowest BCUT2D eigenvalue weighted by Crippen LogP contribution is -1.97. The van der Waals surface area contributed by atoms with E-state index in [-0.39, 0.29) is 5.57 Å². The summed E-state index contributed by atoms with van der Waals surface area (Å²) in [6.45, 7) is 0.824. The van der Waals surface area contributed by atoms with E-state index >= 15 is 0 Å². The number of rotatable bonds is 4. The fraction of sp³-hybridized carbons (Fsp3) is 0.0476. The SMILES string of the molecule is N#CC(C#N)=C/C=C/c1ccc2ccn(Cc3ccccc3)c2c1. The van der Waals surface area contributed by atoms with Gasteiger partial charge < -0.3 is 4.57 Å². The molecule has 1 aromatic heterocycles. The Bertz CT molecular complexity index is 977. The van der Waals surface area contributed by atoms with E-state index in [1.54, 1.807) is 6.08 Å². The van der Waals surface area contributed by atoms with Gasteiger partial charge in [-0.3, -0.25) is 0 Å². The minimum Gasteiger partial charge on any atom is -0.343 e. The molecular weight excluding hydrogens is 294 g/mol. The lowest BCUT2D eigenvalue weighted by atomic mass is 10.1. The molecule has 0 saturated heterocycles. The summed E-state index contributed by atoms with van der Waals surface area (Å²) in [5.41, 5.74) is 3.54. The van der Waals surface area contributed by atoms with E-state index in [1.165, 1.54) is 17.0 Å². The van der Waals surface area contributed by atoms with Gasteiger partial charge in [-0.05, 0) is 34.7 Å². The molecule has 1 heterocycles. The van der Waals surface area contributed by atoms with Crippen LogP contribution in [-0.4, -0.2) is 4.57 Å². The third-order valence-corrected chi connectivity index (χ3v) is 3.79. The van der Waals surface area contributed by atoms with Crippen molar-refractivity contribution in [3.8, 4) is 12.1 Å². The third kappa shape index (κ3) is 3.43. The van der Waals surface area contributed by atoms with Gasteiger partial charge in [0.15, 0.2) is 0 Å². The lowest BCUT2D eigenvalue weighted by Gasteiger charge is -2.06. The Morgan fingerprint density at radius 2 is 1.79 bits per heavy atom. The zero-order valence-electron chi connectivity index (χ0n) is 13.1. The number of hydrogen-bond acceptors (Lipinski definition) is 2. The standard InChI is InChI=1S/C21H15N3/c22-14-19(15-23)8-4-7-17-9-10-20-11-12-24(21(20)13-17)16-18-5-2-1-3-6-18/h1-13H,16H2/b7-4+. The zero-order chi connectivity index (χ0) is 16.8. The predicted molar refractivity (Wildman–Crippen MR) is 95.8 cm³/mol. The van der Waals surface area contributed by atoms with E-state index in [1.807, 2.05) is 42.5 Å². The van der Waals surface area contributed by atoms with E-state index in [2.05, 4.69) is 41.1 Å². The van der Waals surface area contributed by atoms with Crippen molar-refractivity contribution in [3.05, 3.63) is 89.6 Å². The van der Waals surface area contributed by atoms with Crippen molar-refractivity contribution >= 4 is 17.0 Å². The Morgan fingerprint density at radius 3 is 2.54 bits per heavy atom. The van der Waals surface area contributed by atoms with Crippen molar-refractivity contribution in [1.82, 2.24) is 4.57 Å². The van der Waals surface area contributed by atoms with Crippen LogP contribution in [0.2, 0.25) is 0 Å². The molecule has 0 aliphatic carbocycles. The first-order chi connectivity index (χ1) is 11.8. The normalized spacial score (nSPS) is 10.4. The first-order valence-electron chi connectivity index (χ1n) is 7.61. The van der Waals surface area contributed by atoms with Gasteiger partial charge in [-0.2, -0.15) is 10.5 Å². The van der Waals surface area contributed by atoms with Gasteiger partial charge in [0.2, 0.25) is 0 Å². The topological polar surface area (TPSA) is 52.5 Å². The molecule has 0 N–H and O–H groups in total. The van der Waals surface area contributed by atoms with Crippen molar-refractivity contribution in [2.45, 2.75) is 6.54 Å². The minimum atomic E-state index is 0.0970. The maximum Gasteiger partial charge on any atom is 0.129 e. The summed E-state index contributed by atoms with van der Waals surface area (Å²) in [6, 6.07) is 22.4. The largest absolute Gasteiger partial charge is 0.343 e. The lowest BCUT2D eigenvalue weighted by molar-refractivity contribution is 0.837. The van der Waals surface area contributed by atoms with Gasteiger partial charge in [0.1, 0.15) is 17.7 Å². The molecular formula is C21H15N3. The van der Waals surface area contributed by atoms with Crippen LogP contribution < -0.4 is 0 Å². The molecule has 0 atom stereocenters. The van der Waals surface area contributed by atoms with Crippen molar-refractivity contribution in [2.75, 3.05) is 0 Å². The highest BCUT2D eigenvalue weighted by Gasteiger charge is 2.02. The Labute approximate surface area is 141 Å². The van der Waals surface area contributed by atoms with E-state index < -0.39 is 0 Å². The van der Waals surface area contributed by atoms with Gasteiger partial charge in [-0.1, -0.05) is 54.6 Å². The van der Waals surface area contributed by atoms with Crippen LogP contribution >= 0.6 is 0 Å². The smallest absolute Gasteiger partial charge is 0.129 e. The number of nitrogens with zero attached hydrogens (tertiary/aromatic N) is 3. The van der Waals surface area contributed by atoms with Crippen LogP contribution in [0.3, 0.4) is 0 Å². The highest BCUT2D eigenvalue weighted by Crippen LogP contribution is 2.20. The molecule has 0 saturated carbocycles. The van der Waals surface area contributed by atoms with Crippen LogP contribution in [-0.2, 0) is 6.54 Å². The molecule has 0 unspecified atom stereocenters. The van der Waals surface area contributed by atoms with Crippen LogP contribution in [0.1, 0.15) is 11.1 Å². The van der Waals surface area contributed by atoms with Gasteiger partial charge in [0.25, 0.3) is 0 Å². The molecule has 3 nitrogen and oxygen atoms in total.